The number of halogens is 3. The second kappa shape index (κ2) is 4.46. The molecule has 0 unspecified atom stereocenters. The normalized spacial score (nSPS) is 15.6. The van der Waals surface area contributed by atoms with Crippen LogP contribution in [0.4, 0.5) is 13.2 Å². The zero-order valence-electron chi connectivity index (χ0n) is 10.2. The summed E-state index contributed by atoms with van der Waals surface area (Å²) in [6.45, 7) is 0.168. The average Bonchev–Trinajstić information content (AvgIpc) is 2.95. The summed E-state index contributed by atoms with van der Waals surface area (Å²) in [5.41, 5.74) is -0.400. The van der Waals surface area contributed by atoms with Crippen LogP contribution in [0, 0.1) is 0 Å². The number of carbonyl (C=O) groups is 1. The smallest absolute Gasteiger partial charge is 0.346 e. The van der Waals surface area contributed by atoms with Crippen LogP contribution in [-0.2, 0) is 6.54 Å². The third kappa shape index (κ3) is 2.59. The second-order valence-electron chi connectivity index (χ2n) is 4.72. The minimum absolute atomic E-state index is 0.168. The summed E-state index contributed by atoms with van der Waals surface area (Å²) in [5, 5.41) is 3.76. The maximum atomic E-state index is 12.3. The molecule has 1 fully saturated rings. The first-order valence-electron chi connectivity index (χ1n) is 6.03. The zero-order chi connectivity index (χ0) is 14.3. The molecule has 3 rings (SSSR count). The number of hydrogen-bond acceptors (Lipinski definition) is 4. The fraction of sp³-hybridized carbons (Fsp3) is 0.417. The standard InChI is InChI=1S/C12H10F3N3O2/c13-12(14,15)10(19)8-3-4-18(5-8)6-9-16-11(20-17-9)7-1-2-7/h3-5,7H,1-2,6H2. The Balaban J connectivity index is 1.71. The van der Waals surface area contributed by atoms with Gasteiger partial charge in [0.05, 0.1) is 6.54 Å². The van der Waals surface area contributed by atoms with Gasteiger partial charge in [-0.1, -0.05) is 5.16 Å². The van der Waals surface area contributed by atoms with Crippen molar-refractivity contribution in [1.29, 1.82) is 0 Å². The van der Waals surface area contributed by atoms with Crippen LogP contribution < -0.4 is 0 Å². The second-order valence-corrected chi connectivity index (χ2v) is 4.72. The Hall–Kier alpha value is -2.12. The van der Waals surface area contributed by atoms with Crippen molar-refractivity contribution in [2.45, 2.75) is 31.5 Å². The van der Waals surface area contributed by atoms with Crippen LogP contribution in [0.25, 0.3) is 0 Å². The predicted octanol–water partition coefficient (Wildman–Crippen LogP) is 2.54. The Bertz CT molecular complexity index is 640. The van der Waals surface area contributed by atoms with Crippen molar-refractivity contribution in [3.8, 4) is 0 Å². The molecule has 0 aliphatic heterocycles. The molecule has 0 amide bonds. The van der Waals surface area contributed by atoms with E-state index >= 15 is 0 Å². The van der Waals surface area contributed by atoms with Crippen molar-refractivity contribution >= 4 is 5.78 Å². The Kier molecular flexibility index (Phi) is 2.88. The first-order chi connectivity index (χ1) is 9.43. The minimum Gasteiger partial charge on any atom is -0.346 e. The molecule has 5 nitrogen and oxygen atoms in total. The van der Waals surface area contributed by atoms with E-state index in [-0.39, 0.29) is 6.54 Å². The monoisotopic (exact) mass is 285 g/mol. The lowest BCUT2D eigenvalue weighted by Crippen LogP contribution is -2.22. The third-order valence-corrected chi connectivity index (χ3v) is 3.00. The van der Waals surface area contributed by atoms with Crippen LogP contribution in [0.3, 0.4) is 0 Å². The van der Waals surface area contributed by atoms with E-state index in [1.807, 2.05) is 0 Å². The third-order valence-electron chi connectivity index (χ3n) is 3.00. The van der Waals surface area contributed by atoms with E-state index in [1.54, 1.807) is 0 Å². The number of nitrogens with zero attached hydrogens (tertiary/aromatic N) is 3. The van der Waals surface area contributed by atoms with E-state index in [0.717, 1.165) is 25.1 Å². The highest BCUT2D eigenvalue weighted by Gasteiger charge is 2.39. The van der Waals surface area contributed by atoms with E-state index in [0.29, 0.717) is 17.6 Å². The number of alkyl halides is 3. The van der Waals surface area contributed by atoms with Crippen molar-refractivity contribution in [3.05, 3.63) is 35.7 Å². The van der Waals surface area contributed by atoms with Crippen LogP contribution >= 0.6 is 0 Å². The molecule has 1 saturated carbocycles. The summed E-state index contributed by atoms with van der Waals surface area (Å²) >= 11 is 0. The molecule has 0 radical (unpaired) electrons. The van der Waals surface area contributed by atoms with Gasteiger partial charge in [-0.25, -0.2) is 0 Å². The fourth-order valence-corrected chi connectivity index (χ4v) is 1.83. The molecule has 0 spiro atoms. The molecule has 0 atom stereocenters. The van der Waals surface area contributed by atoms with Crippen LogP contribution in [0.2, 0.25) is 0 Å². The van der Waals surface area contributed by atoms with Gasteiger partial charge in [0.15, 0.2) is 5.82 Å². The van der Waals surface area contributed by atoms with Gasteiger partial charge in [0.1, 0.15) is 0 Å². The Labute approximate surface area is 111 Å². The summed E-state index contributed by atoms with van der Waals surface area (Å²) in [6, 6.07) is 1.12. The maximum absolute atomic E-state index is 12.3. The fourth-order valence-electron chi connectivity index (χ4n) is 1.83. The maximum Gasteiger partial charge on any atom is 0.454 e. The van der Waals surface area contributed by atoms with E-state index in [9.17, 15) is 18.0 Å². The molecular weight excluding hydrogens is 275 g/mol. The summed E-state index contributed by atoms with van der Waals surface area (Å²) < 4.78 is 43.3. The van der Waals surface area contributed by atoms with E-state index in [4.69, 9.17) is 4.52 Å². The van der Waals surface area contributed by atoms with Crippen molar-refractivity contribution in [1.82, 2.24) is 14.7 Å². The van der Waals surface area contributed by atoms with E-state index in [2.05, 4.69) is 10.1 Å². The molecule has 8 heteroatoms. The Morgan fingerprint density at radius 3 is 2.85 bits per heavy atom. The number of aromatic nitrogens is 3. The van der Waals surface area contributed by atoms with E-state index in [1.165, 1.54) is 10.8 Å². The van der Waals surface area contributed by atoms with Gasteiger partial charge in [-0.2, -0.15) is 18.2 Å². The molecule has 2 aromatic rings. The lowest BCUT2D eigenvalue weighted by molar-refractivity contribution is -0.0885. The molecule has 0 N–H and O–H groups in total. The topological polar surface area (TPSA) is 60.9 Å². The SMILES string of the molecule is O=C(c1ccn(Cc2noc(C3CC3)n2)c1)C(F)(F)F. The van der Waals surface area contributed by atoms with Gasteiger partial charge in [-0.15, -0.1) is 0 Å². The lowest BCUT2D eigenvalue weighted by atomic mass is 10.2. The van der Waals surface area contributed by atoms with Crippen molar-refractivity contribution in [2.24, 2.45) is 0 Å². The van der Waals surface area contributed by atoms with E-state index < -0.39 is 17.5 Å². The molecule has 106 valence electrons. The molecule has 0 saturated heterocycles. The van der Waals surface area contributed by atoms with Gasteiger partial charge in [0.25, 0.3) is 5.78 Å². The van der Waals surface area contributed by atoms with Gasteiger partial charge in [-0.05, 0) is 18.9 Å². The van der Waals surface area contributed by atoms with Crippen LogP contribution in [-0.4, -0.2) is 26.7 Å². The molecule has 2 aromatic heterocycles. The van der Waals surface area contributed by atoms with Gasteiger partial charge >= 0.3 is 6.18 Å². The summed E-state index contributed by atoms with van der Waals surface area (Å²) in [7, 11) is 0. The van der Waals surface area contributed by atoms with Crippen molar-refractivity contribution in [2.75, 3.05) is 0 Å². The summed E-state index contributed by atoms with van der Waals surface area (Å²) in [4.78, 5) is 15.2. The number of hydrogen-bond donors (Lipinski definition) is 0. The quantitative estimate of drug-likeness (QED) is 0.810. The average molecular weight is 285 g/mol. The Morgan fingerprint density at radius 1 is 1.45 bits per heavy atom. The van der Waals surface area contributed by atoms with Gasteiger partial charge < -0.3 is 9.09 Å². The first-order valence-corrected chi connectivity index (χ1v) is 6.03. The number of rotatable bonds is 4. The van der Waals surface area contributed by atoms with Crippen molar-refractivity contribution < 1.29 is 22.5 Å². The highest BCUT2D eigenvalue weighted by atomic mass is 19.4. The van der Waals surface area contributed by atoms with Crippen LogP contribution in [0.1, 0.15) is 40.8 Å². The molecule has 0 aromatic carbocycles. The van der Waals surface area contributed by atoms with Gasteiger partial charge in [0, 0.05) is 23.9 Å². The first kappa shape index (κ1) is 12.9. The highest BCUT2D eigenvalue weighted by molar-refractivity contribution is 6.00. The van der Waals surface area contributed by atoms with Crippen molar-refractivity contribution in [3.63, 3.8) is 0 Å². The number of Topliss-reactive ketones (excluding diaryl/α,β-unsaturated/α-hetero) is 1. The van der Waals surface area contributed by atoms with Crippen LogP contribution in [0.5, 0.6) is 0 Å². The number of ketones is 1. The minimum atomic E-state index is -4.86. The summed E-state index contributed by atoms with van der Waals surface area (Å²) in [5.74, 6) is -0.585. The predicted molar refractivity (Wildman–Crippen MR) is 60.2 cm³/mol. The number of carbonyl (C=O) groups excluding carboxylic acids is 1. The Morgan fingerprint density at radius 2 is 2.20 bits per heavy atom. The molecule has 0 bridgehead atoms. The molecule has 20 heavy (non-hydrogen) atoms. The lowest BCUT2D eigenvalue weighted by Gasteiger charge is -2.02. The highest BCUT2D eigenvalue weighted by Crippen LogP contribution is 2.38. The molecule has 1 aliphatic rings. The van der Waals surface area contributed by atoms with Gasteiger partial charge in [0.2, 0.25) is 5.89 Å². The zero-order valence-corrected chi connectivity index (χ0v) is 10.2. The van der Waals surface area contributed by atoms with Crippen LogP contribution in [0.15, 0.2) is 23.0 Å². The largest absolute Gasteiger partial charge is 0.454 e. The van der Waals surface area contributed by atoms with Gasteiger partial charge in [-0.3, -0.25) is 4.79 Å². The molecule has 1 aliphatic carbocycles. The molecular formula is C12H10F3N3O2. The summed E-state index contributed by atoms with van der Waals surface area (Å²) in [6.07, 6.45) is -0.308. The molecule has 2 heterocycles.